The molecule has 0 fully saturated rings. The van der Waals surface area contributed by atoms with Crippen LogP contribution >= 0.6 is 0 Å². The van der Waals surface area contributed by atoms with Crippen molar-refractivity contribution in [3.05, 3.63) is 58.9 Å². The van der Waals surface area contributed by atoms with Crippen LogP contribution in [0.5, 0.6) is 5.75 Å². The smallest absolute Gasteiger partial charge is 0.163 e. The lowest BCUT2D eigenvalue weighted by Gasteiger charge is -2.11. The summed E-state index contributed by atoms with van der Waals surface area (Å²) in [6.45, 7) is 3.64. The Morgan fingerprint density at radius 3 is 2.90 bits per heavy atom. The van der Waals surface area contributed by atoms with Gasteiger partial charge in [-0.25, -0.2) is 4.98 Å². The van der Waals surface area contributed by atoms with Gasteiger partial charge < -0.3 is 4.74 Å². The highest BCUT2D eigenvalue weighted by Crippen LogP contribution is 2.22. The van der Waals surface area contributed by atoms with E-state index >= 15 is 0 Å². The van der Waals surface area contributed by atoms with E-state index in [1.807, 2.05) is 19.1 Å². The summed E-state index contributed by atoms with van der Waals surface area (Å²) in [5.41, 5.74) is 2.59. The first-order valence-electron chi connectivity index (χ1n) is 6.20. The number of aromatic nitrogens is 1. The molecule has 0 spiro atoms. The number of aryl methyl sites for hydroxylation is 1. The van der Waals surface area contributed by atoms with Crippen molar-refractivity contribution < 1.29 is 9.53 Å². The van der Waals surface area contributed by atoms with Crippen LogP contribution in [0.1, 0.15) is 34.1 Å². The standard InChI is InChI=1S/C16H14N2O2/c1-11-5-6-16(14(8-11)12(2)19)20-10-13-4-3-7-18-15(13)9-17/h3-8H,10H2,1-2H3. The number of carbonyl (C=O) groups excluding carboxylic acids is 1. The Balaban J connectivity index is 2.24. The maximum Gasteiger partial charge on any atom is 0.163 e. The summed E-state index contributed by atoms with van der Waals surface area (Å²) in [5, 5.41) is 8.97. The molecule has 0 saturated heterocycles. The van der Waals surface area contributed by atoms with Crippen LogP contribution in [0.4, 0.5) is 0 Å². The van der Waals surface area contributed by atoms with Crippen LogP contribution in [0.25, 0.3) is 0 Å². The quantitative estimate of drug-likeness (QED) is 0.798. The number of Topliss-reactive ketones (excluding diaryl/α,β-unsaturated/α-hetero) is 1. The van der Waals surface area contributed by atoms with Gasteiger partial charge >= 0.3 is 0 Å². The molecular weight excluding hydrogens is 252 g/mol. The summed E-state index contributed by atoms with van der Waals surface area (Å²) in [4.78, 5) is 15.6. The number of ether oxygens (including phenoxy) is 1. The molecule has 0 aliphatic rings. The molecule has 0 saturated carbocycles. The minimum absolute atomic E-state index is 0.0459. The molecule has 20 heavy (non-hydrogen) atoms. The maximum absolute atomic E-state index is 11.6. The van der Waals surface area contributed by atoms with E-state index in [1.54, 1.807) is 30.5 Å². The highest BCUT2D eigenvalue weighted by molar-refractivity contribution is 5.97. The number of hydrogen-bond acceptors (Lipinski definition) is 4. The molecule has 0 atom stereocenters. The van der Waals surface area contributed by atoms with Crippen LogP contribution in [-0.2, 0) is 6.61 Å². The third-order valence-electron chi connectivity index (χ3n) is 2.89. The summed E-state index contributed by atoms with van der Waals surface area (Å²) in [6.07, 6.45) is 1.56. The molecule has 1 aromatic heterocycles. The normalized spacial score (nSPS) is 9.85. The van der Waals surface area contributed by atoms with Crippen LogP contribution in [0.3, 0.4) is 0 Å². The van der Waals surface area contributed by atoms with Gasteiger partial charge in [0.15, 0.2) is 5.78 Å². The fourth-order valence-corrected chi connectivity index (χ4v) is 1.86. The zero-order valence-electron chi connectivity index (χ0n) is 11.4. The third-order valence-corrected chi connectivity index (χ3v) is 2.89. The lowest BCUT2D eigenvalue weighted by molar-refractivity contribution is 0.101. The van der Waals surface area contributed by atoms with Gasteiger partial charge in [0.2, 0.25) is 0 Å². The predicted octanol–water partition coefficient (Wildman–Crippen LogP) is 3.04. The van der Waals surface area contributed by atoms with Crippen LogP contribution < -0.4 is 4.74 Å². The number of carbonyl (C=O) groups is 1. The fourth-order valence-electron chi connectivity index (χ4n) is 1.86. The number of rotatable bonds is 4. The van der Waals surface area contributed by atoms with Crippen molar-refractivity contribution >= 4 is 5.78 Å². The van der Waals surface area contributed by atoms with Crippen molar-refractivity contribution in [1.29, 1.82) is 5.26 Å². The van der Waals surface area contributed by atoms with Gasteiger partial charge in [-0.1, -0.05) is 17.7 Å². The number of hydrogen-bond donors (Lipinski definition) is 0. The molecule has 0 amide bonds. The highest BCUT2D eigenvalue weighted by atomic mass is 16.5. The molecule has 0 radical (unpaired) electrons. The Bertz CT molecular complexity index is 687. The summed E-state index contributed by atoms with van der Waals surface area (Å²) in [7, 11) is 0. The summed E-state index contributed by atoms with van der Waals surface area (Å²) >= 11 is 0. The summed E-state index contributed by atoms with van der Waals surface area (Å²) < 4.78 is 5.67. The van der Waals surface area contributed by atoms with E-state index in [4.69, 9.17) is 10.00 Å². The molecule has 0 aliphatic carbocycles. The van der Waals surface area contributed by atoms with Crippen LogP contribution in [0.2, 0.25) is 0 Å². The number of nitriles is 1. The lowest BCUT2D eigenvalue weighted by Crippen LogP contribution is -2.04. The lowest BCUT2D eigenvalue weighted by atomic mass is 10.1. The fraction of sp³-hybridized carbons (Fsp3) is 0.188. The Morgan fingerprint density at radius 1 is 1.40 bits per heavy atom. The van der Waals surface area contributed by atoms with Gasteiger partial charge in [-0.3, -0.25) is 4.79 Å². The number of benzene rings is 1. The minimum Gasteiger partial charge on any atom is -0.488 e. The molecule has 0 unspecified atom stereocenters. The van der Waals surface area contributed by atoms with Crippen molar-refractivity contribution in [1.82, 2.24) is 4.98 Å². The summed E-state index contributed by atoms with van der Waals surface area (Å²) in [6, 6.07) is 11.0. The molecule has 0 N–H and O–H groups in total. The van der Waals surface area contributed by atoms with E-state index in [9.17, 15) is 4.79 Å². The van der Waals surface area contributed by atoms with Gasteiger partial charge in [0, 0.05) is 11.8 Å². The number of pyridine rings is 1. The van der Waals surface area contributed by atoms with Crippen LogP contribution in [0, 0.1) is 18.3 Å². The van der Waals surface area contributed by atoms with E-state index in [2.05, 4.69) is 4.98 Å². The Kier molecular flexibility index (Phi) is 4.11. The molecule has 1 heterocycles. The highest BCUT2D eigenvalue weighted by Gasteiger charge is 2.10. The molecule has 100 valence electrons. The number of nitrogens with zero attached hydrogens (tertiary/aromatic N) is 2. The largest absolute Gasteiger partial charge is 0.488 e. The molecule has 0 bridgehead atoms. The minimum atomic E-state index is -0.0459. The zero-order valence-corrected chi connectivity index (χ0v) is 11.4. The second kappa shape index (κ2) is 5.98. The zero-order chi connectivity index (χ0) is 14.5. The molecule has 1 aromatic carbocycles. The Morgan fingerprint density at radius 2 is 2.20 bits per heavy atom. The molecule has 4 heteroatoms. The van der Waals surface area contributed by atoms with Gasteiger partial charge in [-0.15, -0.1) is 0 Å². The molecule has 2 rings (SSSR count). The predicted molar refractivity (Wildman–Crippen MR) is 74.5 cm³/mol. The first-order valence-corrected chi connectivity index (χ1v) is 6.20. The van der Waals surface area contributed by atoms with Crippen LogP contribution in [-0.4, -0.2) is 10.8 Å². The SMILES string of the molecule is CC(=O)c1cc(C)ccc1OCc1cccnc1C#N. The third kappa shape index (κ3) is 3.01. The average Bonchev–Trinajstić information content (AvgIpc) is 2.46. The molecule has 2 aromatic rings. The van der Waals surface area contributed by atoms with Crippen molar-refractivity contribution in [2.75, 3.05) is 0 Å². The molecular formula is C16H14N2O2. The first kappa shape index (κ1) is 13.8. The molecule has 4 nitrogen and oxygen atoms in total. The van der Waals surface area contributed by atoms with E-state index < -0.39 is 0 Å². The monoisotopic (exact) mass is 266 g/mol. The van der Waals surface area contributed by atoms with Gasteiger partial charge in [-0.2, -0.15) is 5.26 Å². The van der Waals surface area contributed by atoms with Gasteiger partial charge in [-0.05, 0) is 32.0 Å². The van der Waals surface area contributed by atoms with E-state index in [0.29, 0.717) is 22.6 Å². The average molecular weight is 266 g/mol. The second-order valence-electron chi connectivity index (χ2n) is 4.47. The van der Waals surface area contributed by atoms with E-state index in [0.717, 1.165) is 5.56 Å². The van der Waals surface area contributed by atoms with E-state index in [1.165, 1.54) is 6.92 Å². The van der Waals surface area contributed by atoms with Crippen molar-refractivity contribution in [3.8, 4) is 11.8 Å². The second-order valence-corrected chi connectivity index (χ2v) is 4.47. The van der Waals surface area contributed by atoms with Crippen molar-refractivity contribution in [3.63, 3.8) is 0 Å². The van der Waals surface area contributed by atoms with Gasteiger partial charge in [0.25, 0.3) is 0 Å². The topological polar surface area (TPSA) is 63.0 Å². The number of ketones is 1. The van der Waals surface area contributed by atoms with E-state index in [-0.39, 0.29) is 12.4 Å². The van der Waals surface area contributed by atoms with Gasteiger partial charge in [0.1, 0.15) is 24.1 Å². The van der Waals surface area contributed by atoms with Gasteiger partial charge in [0.05, 0.1) is 5.56 Å². The summed E-state index contributed by atoms with van der Waals surface area (Å²) in [5.74, 6) is 0.478. The van der Waals surface area contributed by atoms with Crippen molar-refractivity contribution in [2.45, 2.75) is 20.5 Å². The van der Waals surface area contributed by atoms with Crippen LogP contribution in [0.15, 0.2) is 36.5 Å². The Labute approximate surface area is 117 Å². The van der Waals surface area contributed by atoms with Crippen molar-refractivity contribution in [2.24, 2.45) is 0 Å². The Hall–Kier alpha value is -2.67. The molecule has 0 aliphatic heterocycles. The maximum atomic E-state index is 11.6. The first-order chi connectivity index (χ1) is 9.61.